The van der Waals surface area contributed by atoms with Crippen molar-refractivity contribution in [2.75, 3.05) is 12.4 Å². The molecule has 26 heavy (non-hydrogen) atoms. The Bertz CT molecular complexity index is 932. The largest absolute Gasteiger partial charge is 0.497 e. The molecule has 1 amide bonds. The number of anilines is 1. The minimum Gasteiger partial charge on any atom is -0.497 e. The number of carbonyl (C=O) groups is 1. The van der Waals surface area contributed by atoms with Gasteiger partial charge >= 0.3 is 6.18 Å². The maximum atomic E-state index is 12.8. The first kappa shape index (κ1) is 17.6. The Morgan fingerprint density at radius 2 is 1.81 bits per heavy atom. The molecule has 0 saturated carbocycles. The molecular formula is C19H14F3NO3. The van der Waals surface area contributed by atoms with Crippen LogP contribution >= 0.6 is 0 Å². The molecule has 0 fully saturated rings. The van der Waals surface area contributed by atoms with E-state index in [0.717, 1.165) is 12.1 Å². The van der Waals surface area contributed by atoms with Gasteiger partial charge in [0.05, 0.1) is 12.7 Å². The monoisotopic (exact) mass is 361 g/mol. The molecule has 0 aliphatic heterocycles. The Morgan fingerprint density at radius 3 is 2.54 bits per heavy atom. The average Bonchev–Trinajstić information content (AvgIpc) is 3.11. The number of alkyl halides is 3. The van der Waals surface area contributed by atoms with E-state index in [2.05, 4.69) is 5.32 Å². The molecule has 0 atom stereocenters. The van der Waals surface area contributed by atoms with Crippen molar-refractivity contribution in [1.29, 1.82) is 0 Å². The third-order valence-corrected chi connectivity index (χ3v) is 3.63. The van der Waals surface area contributed by atoms with Gasteiger partial charge < -0.3 is 14.5 Å². The van der Waals surface area contributed by atoms with Gasteiger partial charge in [0.1, 0.15) is 11.5 Å². The molecule has 1 aromatic heterocycles. The molecule has 2 aromatic carbocycles. The van der Waals surface area contributed by atoms with Crippen LogP contribution in [0.25, 0.3) is 11.3 Å². The minimum atomic E-state index is -4.45. The second kappa shape index (κ2) is 6.95. The molecule has 1 heterocycles. The smallest absolute Gasteiger partial charge is 0.416 e. The zero-order chi connectivity index (χ0) is 18.7. The molecule has 0 aliphatic rings. The van der Waals surface area contributed by atoms with Gasteiger partial charge in [0.2, 0.25) is 0 Å². The normalized spacial score (nSPS) is 11.2. The quantitative estimate of drug-likeness (QED) is 0.693. The first-order valence-corrected chi connectivity index (χ1v) is 7.60. The highest BCUT2D eigenvalue weighted by molar-refractivity contribution is 6.02. The van der Waals surface area contributed by atoms with Gasteiger partial charge in [-0.1, -0.05) is 18.2 Å². The number of rotatable bonds is 4. The summed E-state index contributed by atoms with van der Waals surface area (Å²) in [5.41, 5.74) is -0.0413. The van der Waals surface area contributed by atoms with E-state index >= 15 is 0 Å². The summed E-state index contributed by atoms with van der Waals surface area (Å²) in [6.45, 7) is 0. The molecule has 0 radical (unpaired) electrons. The topological polar surface area (TPSA) is 51.5 Å². The van der Waals surface area contributed by atoms with Crippen molar-refractivity contribution in [2.24, 2.45) is 0 Å². The SMILES string of the molecule is COc1cccc(NC(=O)c2ccc(-c3cccc(C(F)(F)F)c3)o2)c1. The molecule has 0 aliphatic carbocycles. The van der Waals surface area contributed by atoms with E-state index in [1.54, 1.807) is 24.3 Å². The first-order chi connectivity index (χ1) is 12.4. The fourth-order valence-corrected chi connectivity index (χ4v) is 2.36. The van der Waals surface area contributed by atoms with E-state index < -0.39 is 17.6 Å². The molecule has 3 aromatic rings. The highest BCUT2D eigenvalue weighted by Crippen LogP contribution is 2.32. The average molecular weight is 361 g/mol. The number of furan rings is 1. The Labute approximate surface area is 147 Å². The molecule has 7 heteroatoms. The van der Waals surface area contributed by atoms with Gasteiger partial charge in [-0.05, 0) is 36.4 Å². The Kier molecular flexibility index (Phi) is 4.71. The van der Waals surface area contributed by atoms with Crippen LogP contribution in [0.15, 0.2) is 65.1 Å². The maximum Gasteiger partial charge on any atom is 0.416 e. The lowest BCUT2D eigenvalue weighted by Gasteiger charge is -2.07. The highest BCUT2D eigenvalue weighted by atomic mass is 19.4. The van der Waals surface area contributed by atoms with Crippen LogP contribution < -0.4 is 10.1 Å². The number of hydrogen-bond acceptors (Lipinski definition) is 3. The van der Waals surface area contributed by atoms with E-state index in [1.165, 1.54) is 31.4 Å². The number of ether oxygens (including phenoxy) is 1. The number of halogens is 3. The zero-order valence-electron chi connectivity index (χ0n) is 13.6. The van der Waals surface area contributed by atoms with Crippen LogP contribution in [0.3, 0.4) is 0 Å². The number of hydrogen-bond donors (Lipinski definition) is 1. The molecular weight excluding hydrogens is 347 g/mol. The van der Waals surface area contributed by atoms with E-state index in [1.807, 2.05) is 0 Å². The van der Waals surface area contributed by atoms with Gasteiger partial charge in [0.15, 0.2) is 5.76 Å². The first-order valence-electron chi connectivity index (χ1n) is 7.60. The lowest BCUT2D eigenvalue weighted by atomic mass is 10.1. The lowest BCUT2D eigenvalue weighted by Crippen LogP contribution is -2.10. The van der Waals surface area contributed by atoms with Crippen molar-refractivity contribution in [3.63, 3.8) is 0 Å². The summed E-state index contributed by atoms with van der Waals surface area (Å²) in [7, 11) is 1.51. The van der Waals surface area contributed by atoms with Gasteiger partial charge in [0.25, 0.3) is 5.91 Å². The van der Waals surface area contributed by atoms with E-state index in [4.69, 9.17) is 9.15 Å². The van der Waals surface area contributed by atoms with Crippen LogP contribution in [-0.4, -0.2) is 13.0 Å². The molecule has 1 N–H and O–H groups in total. The number of methoxy groups -OCH3 is 1. The summed E-state index contributed by atoms with van der Waals surface area (Å²) in [5.74, 6) is 0.218. The van der Waals surface area contributed by atoms with Crippen LogP contribution in [0.2, 0.25) is 0 Å². The molecule has 0 bridgehead atoms. The van der Waals surface area contributed by atoms with Gasteiger partial charge in [-0.2, -0.15) is 13.2 Å². The second-order valence-electron chi connectivity index (χ2n) is 5.43. The fraction of sp³-hybridized carbons (Fsp3) is 0.105. The summed E-state index contributed by atoms with van der Waals surface area (Å²) in [6.07, 6.45) is -4.45. The number of nitrogens with one attached hydrogen (secondary N) is 1. The second-order valence-corrected chi connectivity index (χ2v) is 5.43. The predicted octanol–water partition coefficient (Wildman–Crippen LogP) is 5.23. The Morgan fingerprint density at radius 1 is 1.04 bits per heavy atom. The van der Waals surface area contributed by atoms with Crippen molar-refractivity contribution < 1.29 is 27.1 Å². The zero-order valence-corrected chi connectivity index (χ0v) is 13.6. The Hall–Kier alpha value is -3.22. The van der Waals surface area contributed by atoms with Crippen LogP contribution in [0.5, 0.6) is 5.75 Å². The third kappa shape index (κ3) is 3.88. The summed E-state index contributed by atoms with van der Waals surface area (Å²) < 4.78 is 48.9. The number of carbonyl (C=O) groups excluding carboxylic acids is 1. The lowest BCUT2D eigenvalue weighted by molar-refractivity contribution is -0.137. The highest BCUT2D eigenvalue weighted by Gasteiger charge is 2.30. The standard InChI is InChI=1S/C19H14F3NO3/c1-25-15-7-3-6-14(11-15)23-18(24)17-9-8-16(26-17)12-4-2-5-13(10-12)19(20,21)22/h2-11H,1H3,(H,23,24). The summed E-state index contributed by atoms with van der Waals surface area (Å²) in [4.78, 5) is 12.3. The molecule has 0 spiro atoms. The van der Waals surface area contributed by atoms with E-state index in [9.17, 15) is 18.0 Å². The minimum absolute atomic E-state index is 0.0137. The number of benzene rings is 2. The number of amides is 1. The van der Waals surface area contributed by atoms with Gasteiger partial charge in [-0.25, -0.2) is 0 Å². The van der Waals surface area contributed by atoms with Crippen molar-refractivity contribution in [3.8, 4) is 17.1 Å². The van der Waals surface area contributed by atoms with Crippen LogP contribution in [0.4, 0.5) is 18.9 Å². The van der Waals surface area contributed by atoms with Crippen LogP contribution in [0.1, 0.15) is 16.1 Å². The molecule has 0 saturated heterocycles. The van der Waals surface area contributed by atoms with Gasteiger partial charge in [-0.15, -0.1) is 0 Å². The van der Waals surface area contributed by atoms with Crippen molar-refractivity contribution >= 4 is 11.6 Å². The third-order valence-electron chi connectivity index (χ3n) is 3.63. The van der Waals surface area contributed by atoms with Gasteiger partial charge in [0, 0.05) is 17.3 Å². The summed E-state index contributed by atoms with van der Waals surface area (Å²) in [5, 5.41) is 2.64. The molecule has 0 unspecified atom stereocenters. The van der Waals surface area contributed by atoms with Crippen LogP contribution in [-0.2, 0) is 6.18 Å². The summed E-state index contributed by atoms with van der Waals surface area (Å²) >= 11 is 0. The van der Waals surface area contributed by atoms with Crippen molar-refractivity contribution in [2.45, 2.75) is 6.18 Å². The van der Waals surface area contributed by atoms with Crippen molar-refractivity contribution in [3.05, 3.63) is 72.0 Å². The van der Waals surface area contributed by atoms with Gasteiger partial charge in [-0.3, -0.25) is 4.79 Å². The molecule has 4 nitrogen and oxygen atoms in total. The van der Waals surface area contributed by atoms with Crippen molar-refractivity contribution in [1.82, 2.24) is 0 Å². The maximum absolute atomic E-state index is 12.8. The predicted molar refractivity (Wildman–Crippen MR) is 90.1 cm³/mol. The Balaban J connectivity index is 1.80. The van der Waals surface area contributed by atoms with E-state index in [-0.39, 0.29) is 17.1 Å². The summed E-state index contributed by atoms with van der Waals surface area (Å²) in [6, 6.07) is 14.3. The fourth-order valence-electron chi connectivity index (χ4n) is 2.36. The molecule has 3 rings (SSSR count). The van der Waals surface area contributed by atoms with E-state index in [0.29, 0.717) is 11.4 Å². The molecule has 134 valence electrons. The van der Waals surface area contributed by atoms with Crippen LogP contribution in [0, 0.1) is 0 Å².